The number of aromatic nitrogens is 3. The van der Waals surface area contributed by atoms with Crippen LogP contribution in [0.25, 0.3) is 16.7 Å². The number of aryl methyl sites for hydroxylation is 2. The Balaban J connectivity index is 1.68. The second-order valence-corrected chi connectivity index (χ2v) is 8.77. The molecule has 1 amide bonds. The first-order valence-electron chi connectivity index (χ1n) is 12.3. The summed E-state index contributed by atoms with van der Waals surface area (Å²) in [6, 6.07) is 12.9. The second-order valence-electron chi connectivity index (χ2n) is 8.36. The van der Waals surface area contributed by atoms with Crippen LogP contribution in [0, 0.1) is 13.8 Å². The van der Waals surface area contributed by atoms with Gasteiger partial charge >= 0.3 is 0 Å². The smallest absolute Gasteiger partial charge is 0.252 e. The molecule has 0 aliphatic rings. The highest BCUT2D eigenvalue weighted by Crippen LogP contribution is 2.39. The third kappa shape index (κ3) is 5.49. The van der Waals surface area contributed by atoms with Gasteiger partial charge in [-0.25, -0.2) is 9.67 Å². The molecule has 4 aromatic rings. The molecule has 0 atom stereocenters. The number of carbonyl (C=O) groups is 1. The maximum absolute atomic E-state index is 13.5. The summed E-state index contributed by atoms with van der Waals surface area (Å²) >= 11 is 6.43. The predicted octanol–water partition coefficient (Wildman–Crippen LogP) is 5.82. The number of benzene rings is 2. The molecule has 1 N–H and O–H groups in total. The molecule has 37 heavy (non-hydrogen) atoms. The second kappa shape index (κ2) is 11.5. The van der Waals surface area contributed by atoms with Crippen molar-refractivity contribution in [3.05, 3.63) is 70.0 Å². The zero-order valence-corrected chi connectivity index (χ0v) is 22.5. The van der Waals surface area contributed by atoms with Gasteiger partial charge in [0, 0.05) is 12.2 Å². The molecule has 194 valence electrons. The molecule has 0 saturated carbocycles. The number of nitrogens with one attached hydrogen (secondary N) is 1. The van der Waals surface area contributed by atoms with Crippen LogP contribution < -0.4 is 19.5 Å². The molecular weight excluding hydrogens is 492 g/mol. The number of fused-ring (bicyclic) bond motifs is 1. The average Bonchev–Trinajstić information content (AvgIpc) is 3.20. The van der Waals surface area contributed by atoms with Crippen molar-refractivity contribution in [1.82, 2.24) is 20.1 Å². The summed E-state index contributed by atoms with van der Waals surface area (Å²) in [5, 5.41) is 8.92. The minimum Gasteiger partial charge on any atom is -0.490 e. The first-order valence-corrected chi connectivity index (χ1v) is 12.7. The van der Waals surface area contributed by atoms with E-state index in [-0.39, 0.29) is 12.5 Å². The number of para-hydroxylation sites is 1. The highest BCUT2D eigenvalue weighted by molar-refractivity contribution is 6.32. The van der Waals surface area contributed by atoms with Crippen LogP contribution in [0.2, 0.25) is 5.02 Å². The van der Waals surface area contributed by atoms with Crippen molar-refractivity contribution in [3.8, 4) is 22.9 Å². The SMILES string of the molecule is CCOc1cc(CNC(=O)c2cc(C)nc3c2c(C)nn3-c2ccccc2Cl)cc(OCC)c1OCC. The minimum absolute atomic E-state index is 0.234. The Morgan fingerprint density at radius 3 is 2.24 bits per heavy atom. The van der Waals surface area contributed by atoms with Gasteiger partial charge in [-0.15, -0.1) is 0 Å². The molecular formula is C28H31ClN4O4. The third-order valence-corrected chi connectivity index (χ3v) is 6.01. The van der Waals surface area contributed by atoms with E-state index >= 15 is 0 Å². The number of ether oxygens (including phenoxy) is 3. The summed E-state index contributed by atoms with van der Waals surface area (Å²) in [6.07, 6.45) is 0. The lowest BCUT2D eigenvalue weighted by atomic mass is 10.1. The van der Waals surface area contributed by atoms with E-state index in [0.717, 1.165) is 5.56 Å². The molecule has 8 nitrogen and oxygen atoms in total. The largest absolute Gasteiger partial charge is 0.490 e. The van der Waals surface area contributed by atoms with E-state index in [1.807, 2.05) is 65.0 Å². The molecule has 2 heterocycles. The Bertz CT molecular complexity index is 1410. The van der Waals surface area contributed by atoms with Gasteiger partial charge in [-0.05, 0) is 70.5 Å². The maximum atomic E-state index is 13.5. The van der Waals surface area contributed by atoms with Crippen LogP contribution in [0.3, 0.4) is 0 Å². The van der Waals surface area contributed by atoms with Crippen molar-refractivity contribution >= 4 is 28.5 Å². The number of hydrogen-bond acceptors (Lipinski definition) is 6. The van der Waals surface area contributed by atoms with Gasteiger partial charge in [0.05, 0.1) is 47.2 Å². The quantitative estimate of drug-likeness (QED) is 0.282. The van der Waals surface area contributed by atoms with Crippen LogP contribution >= 0.6 is 11.6 Å². The van der Waals surface area contributed by atoms with Gasteiger partial charge in [0.15, 0.2) is 17.1 Å². The average molecular weight is 523 g/mol. The number of halogens is 1. The van der Waals surface area contributed by atoms with Gasteiger partial charge in [0.2, 0.25) is 5.75 Å². The van der Waals surface area contributed by atoms with Gasteiger partial charge in [-0.1, -0.05) is 23.7 Å². The van der Waals surface area contributed by atoms with Crippen molar-refractivity contribution in [2.45, 2.75) is 41.2 Å². The molecule has 0 saturated heterocycles. The zero-order chi connectivity index (χ0) is 26.5. The summed E-state index contributed by atoms with van der Waals surface area (Å²) in [4.78, 5) is 18.1. The molecule has 4 rings (SSSR count). The fourth-order valence-electron chi connectivity index (χ4n) is 4.21. The topological polar surface area (TPSA) is 87.5 Å². The van der Waals surface area contributed by atoms with Crippen LogP contribution in [0.1, 0.15) is 48.1 Å². The first kappa shape index (κ1) is 26.3. The number of amides is 1. The molecule has 9 heteroatoms. The standard InChI is InChI=1S/C28H31ClN4O4/c1-6-35-23-14-19(15-24(36-7-2)26(23)37-8-3)16-30-28(34)20-13-17(4)31-27-25(20)18(5)32-33(27)22-12-10-9-11-21(22)29/h9-15H,6-8,16H2,1-5H3,(H,30,34). The Morgan fingerprint density at radius 1 is 0.973 bits per heavy atom. The van der Waals surface area contributed by atoms with Gasteiger partial charge in [-0.2, -0.15) is 5.10 Å². The Kier molecular flexibility index (Phi) is 8.18. The zero-order valence-electron chi connectivity index (χ0n) is 21.7. The Hall–Kier alpha value is -3.78. The molecule has 0 unspecified atom stereocenters. The highest BCUT2D eigenvalue weighted by Gasteiger charge is 2.21. The predicted molar refractivity (Wildman–Crippen MR) is 144 cm³/mol. The number of rotatable bonds is 10. The number of pyridine rings is 1. The number of carbonyl (C=O) groups excluding carboxylic acids is 1. The molecule has 0 spiro atoms. The molecule has 0 aliphatic carbocycles. The van der Waals surface area contributed by atoms with Crippen molar-refractivity contribution in [1.29, 1.82) is 0 Å². The molecule has 0 fully saturated rings. The van der Waals surface area contributed by atoms with Gasteiger partial charge in [0.1, 0.15) is 0 Å². The molecule has 0 radical (unpaired) electrons. The van der Waals surface area contributed by atoms with Gasteiger partial charge in [0.25, 0.3) is 5.91 Å². The van der Waals surface area contributed by atoms with E-state index in [1.165, 1.54) is 0 Å². The normalized spacial score (nSPS) is 11.0. The van der Waals surface area contributed by atoms with Gasteiger partial charge < -0.3 is 19.5 Å². The molecule has 0 aliphatic heterocycles. The van der Waals surface area contributed by atoms with Crippen molar-refractivity contribution < 1.29 is 19.0 Å². The molecule has 0 bridgehead atoms. The van der Waals surface area contributed by atoms with Crippen molar-refractivity contribution in [3.63, 3.8) is 0 Å². The Morgan fingerprint density at radius 2 is 1.62 bits per heavy atom. The fraction of sp³-hybridized carbons (Fsp3) is 0.321. The molecule has 2 aromatic heterocycles. The number of nitrogens with zero attached hydrogens (tertiary/aromatic N) is 3. The highest BCUT2D eigenvalue weighted by atomic mass is 35.5. The van der Waals surface area contributed by atoms with Crippen LogP contribution in [0.5, 0.6) is 17.2 Å². The first-order chi connectivity index (χ1) is 17.9. The monoisotopic (exact) mass is 522 g/mol. The van der Waals surface area contributed by atoms with Crippen LogP contribution in [-0.2, 0) is 6.54 Å². The third-order valence-electron chi connectivity index (χ3n) is 5.69. The van der Waals surface area contributed by atoms with E-state index in [4.69, 9.17) is 25.8 Å². The summed E-state index contributed by atoms with van der Waals surface area (Å²) in [6.45, 7) is 11.1. The number of hydrogen-bond donors (Lipinski definition) is 1. The lowest BCUT2D eigenvalue weighted by Gasteiger charge is -2.17. The van der Waals surface area contributed by atoms with E-state index in [1.54, 1.807) is 16.8 Å². The van der Waals surface area contributed by atoms with Crippen LogP contribution in [-0.4, -0.2) is 40.5 Å². The summed E-state index contributed by atoms with van der Waals surface area (Å²) in [7, 11) is 0. The fourth-order valence-corrected chi connectivity index (χ4v) is 4.42. The van der Waals surface area contributed by atoms with Crippen LogP contribution in [0.15, 0.2) is 42.5 Å². The van der Waals surface area contributed by atoms with E-state index in [9.17, 15) is 4.79 Å². The van der Waals surface area contributed by atoms with E-state index < -0.39 is 0 Å². The van der Waals surface area contributed by atoms with Gasteiger partial charge in [-0.3, -0.25) is 4.79 Å². The summed E-state index contributed by atoms with van der Waals surface area (Å²) < 4.78 is 19.1. The maximum Gasteiger partial charge on any atom is 0.252 e. The Labute approximate surface area is 221 Å². The lowest BCUT2D eigenvalue weighted by molar-refractivity contribution is 0.0952. The van der Waals surface area contributed by atoms with E-state index in [2.05, 4.69) is 15.4 Å². The summed E-state index contributed by atoms with van der Waals surface area (Å²) in [5.74, 6) is 1.49. The van der Waals surface area contributed by atoms with E-state index in [0.29, 0.717) is 75.8 Å². The minimum atomic E-state index is -0.234. The summed E-state index contributed by atoms with van der Waals surface area (Å²) in [5.41, 5.74) is 3.99. The molecule has 2 aromatic carbocycles. The van der Waals surface area contributed by atoms with Crippen molar-refractivity contribution in [2.75, 3.05) is 19.8 Å². The van der Waals surface area contributed by atoms with Crippen LogP contribution in [0.4, 0.5) is 0 Å². The lowest BCUT2D eigenvalue weighted by Crippen LogP contribution is -2.23. The van der Waals surface area contributed by atoms with Crippen molar-refractivity contribution in [2.24, 2.45) is 0 Å².